The molecule has 8 heteroatoms. The number of ether oxygens (including phenoxy) is 2. The summed E-state index contributed by atoms with van der Waals surface area (Å²) in [6, 6.07) is 4.23. The van der Waals surface area contributed by atoms with E-state index in [1.54, 1.807) is 26.1 Å². The molecule has 0 saturated carbocycles. The highest BCUT2D eigenvalue weighted by Crippen LogP contribution is 2.28. The van der Waals surface area contributed by atoms with Crippen LogP contribution in [0.1, 0.15) is 16.8 Å². The topological polar surface area (TPSA) is 72.9 Å². The highest BCUT2D eigenvalue weighted by Gasteiger charge is 2.20. The van der Waals surface area contributed by atoms with Gasteiger partial charge in [-0.3, -0.25) is 0 Å². The number of hydrogen-bond acceptors (Lipinski definition) is 6. The van der Waals surface area contributed by atoms with Crippen LogP contribution < -0.4 is 4.90 Å². The first-order valence-electron chi connectivity index (χ1n) is 6.19. The van der Waals surface area contributed by atoms with E-state index in [9.17, 15) is 13.2 Å². The molecule has 1 aromatic carbocycles. The number of methoxy groups -OCH3 is 1. The molecule has 0 unspecified atom stereocenters. The van der Waals surface area contributed by atoms with Crippen molar-refractivity contribution in [3.63, 3.8) is 0 Å². The Morgan fingerprint density at radius 1 is 1.29 bits per heavy atom. The van der Waals surface area contributed by atoms with Crippen molar-refractivity contribution >= 4 is 31.4 Å². The normalized spacial score (nSPS) is 11.2. The molecule has 0 fully saturated rings. The van der Waals surface area contributed by atoms with Crippen molar-refractivity contribution in [1.82, 2.24) is 0 Å². The summed E-state index contributed by atoms with van der Waals surface area (Å²) in [6.07, 6.45) is 0.568. The Morgan fingerprint density at radius 2 is 1.95 bits per heavy atom. The largest absolute Gasteiger partial charge is 0.462 e. The predicted molar refractivity (Wildman–Crippen MR) is 80.6 cm³/mol. The molecular formula is C13H18ClNO5S. The molecule has 6 nitrogen and oxygen atoms in total. The summed E-state index contributed by atoms with van der Waals surface area (Å²) in [7, 11) is 6.37. The molecule has 21 heavy (non-hydrogen) atoms. The van der Waals surface area contributed by atoms with E-state index in [1.807, 2.05) is 0 Å². The standard InChI is InChI=1S/C13H18ClNO5S/c1-15(2)11-6-5-10(9-12(11)21(14,17)18)13(16)20-8-4-7-19-3/h5-6,9H,4,7-8H2,1-3H3. The number of hydrogen-bond donors (Lipinski definition) is 0. The van der Waals surface area contributed by atoms with Gasteiger partial charge >= 0.3 is 5.97 Å². The van der Waals surface area contributed by atoms with E-state index in [2.05, 4.69) is 0 Å². The lowest BCUT2D eigenvalue weighted by atomic mass is 10.2. The Hall–Kier alpha value is -1.31. The van der Waals surface area contributed by atoms with Crippen LogP contribution in [0.4, 0.5) is 5.69 Å². The lowest BCUT2D eigenvalue weighted by Gasteiger charge is -2.16. The molecule has 0 radical (unpaired) electrons. The lowest BCUT2D eigenvalue weighted by Crippen LogP contribution is -2.14. The molecule has 0 aliphatic carbocycles. The van der Waals surface area contributed by atoms with Gasteiger partial charge in [0.1, 0.15) is 4.90 Å². The number of carbonyl (C=O) groups is 1. The zero-order valence-corrected chi connectivity index (χ0v) is 13.7. The molecule has 0 heterocycles. The molecule has 0 aliphatic heterocycles. The van der Waals surface area contributed by atoms with E-state index in [1.165, 1.54) is 18.2 Å². The lowest BCUT2D eigenvalue weighted by molar-refractivity contribution is 0.0468. The van der Waals surface area contributed by atoms with Crippen LogP contribution in [-0.4, -0.2) is 48.8 Å². The number of nitrogens with zero attached hydrogens (tertiary/aromatic N) is 1. The summed E-state index contributed by atoms with van der Waals surface area (Å²) in [5.41, 5.74) is 0.540. The first-order valence-corrected chi connectivity index (χ1v) is 8.50. The molecule has 0 spiro atoms. The highest BCUT2D eigenvalue weighted by molar-refractivity contribution is 8.13. The Balaban J connectivity index is 2.98. The van der Waals surface area contributed by atoms with Crippen LogP contribution >= 0.6 is 10.7 Å². The summed E-state index contributed by atoms with van der Waals surface area (Å²) in [5.74, 6) is -0.599. The van der Waals surface area contributed by atoms with Gasteiger partial charge in [-0.05, 0) is 18.2 Å². The van der Waals surface area contributed by atoms with Crippen molar-refractivity contribution in [3.05, 3.63) is 23.8 Å². The summed E-state index contributed by atoms with van der Waals surface area (Å²) >= 11 is 0. The number of carbonyl (C=O) groups excluding carboxylic acids is 1. The summed E-state index contributed by atoms with van der Waals surface area (Å²) in [6.45, 7) is 0.680. The Morgan fingerprint density at radius 3 is 2.48 bits per heavy atom. The van der Waals surface area contributed by atoms with Crippen LogP contribution in [0.25, 0.3) is 0 Å². The van der Waals surface area contributed by atoms with E-state index in [-0.39, 0.29) is 17.1 Å². The first-order chi connectivity index (χ1) is 9.77. The number of rotatable bonds is 7. The third kappa shape index (κ3) is 5.18. The third-order valence-corrected chi connectivity index (χ3v) is 4.02. The van der Waals surface area contributed by atoms with Gasteiger partial charge in [-0.15, -0.1) is 0 Å². The van der Waals surface area contributed by atoms with Crippen molar-refractivity contribution in [1.29, 1.82) is 0 Å². The van der Waals surface area contributed by atoms with Crippen LogP contribution in [0, 0.1) is 0 Å². The maximum atomic E-state index is 11.9. The zero-order valence-electron chi connectivity index (χ0n) is 12.1. The molecular weight excluding hydrogens is 318 g/mol. The molecule has 0 bridgehead atoms. The molecule has 1 aromatic rings. The predicted octanol–water partition coefficient (Wildman–Crippen LogP) is 1.87. The quantitative estimate of drug-likeness (QED) is 0.430. The van der Waals surface area contributed by atoms with Gasteiger partial charge in [-0.1, -0.05) is 0 Å². The molecule has 0 saturated heterocycles. The second kappa shape index (κ2) is 7.63. The van der Waals surface area contributed by atoms with Crippen molar-refractivity contribution in [3.8, 4) is 0 Å². The van der Waals surface area contributed by atoms with Gasteiger partial charge in [0.25, 0.3) is 9.05 Å². The average Bonchev–Trinajstić information content (AvgIpc) is 2.41. The molecule has 0 atom stereocenters. The van der Waals surface area contributed by atoms with Crippen LogP contribution in [0.3, 0.4) is 0 Å². The van der Waals surface area contributed by atoms with E-state index in [4.69, 9.17) is 20.2 Å². The van der Waals surface area contributed by atoms with Crippen molar-refractivity contribution in [2.75, 3.05) is 39.3 Å². The fraction of sp³-hybridized carbons (Fsp3) is 0.462. The van der Waals surface area contributed by atoms with Gasteiger partial charge in [0.05, 0.1) is 17.9 Å². The van der Waals surface area contributed by atoms with E-state index < -0.39 is 15.0 Å². The maximum absolute atomic E-state index is 11.9. The molecule has 1 rings (SSSR count). The number of esters is 1. The highest BCUT2D eigenvalue weighted by atomic mass is 35.7. The van der Waals surface area contributed by atoms with Gasteiger partial charge in [-0.2, -0.15) is 0 Å². The minimum Gasteiger partial charge on any atom is -0.462 e. The molecule has 118 valence electrons. The zero-order chi connectivity index (χ0) is 16.0. The molecule has 0 aromatic heterocycles. The second-order valence-corrected chi connectivity index (χ2v) is 7.03. The summed E-state index contributed by atoms with van der Waals surface area (Å²) < 4.78 is 33.1. The summed E-state index contributed by atoms with van der Waals surface area (Å²) in [5, 5.41) is 0. The number of halogens is 1. The van der Waals surface area contributed by atoms with Gasteiger partial charge in [0.2, 0.25) is 0 Å². The van der Waals surface area contributed by atoms with E-state index in [0.717, 1.165) is 0 Å². The van der Waals surface area contributed by atoms with Gasteiger partial charge in [0, 0.05) is 44.9 Å². The van der Waals surface area contributed by atoms with Crippen molar-refractivity contribution in [2.24, 2.45) is 0 Å². The third-order valence-electron chi connectivity index (χ3n) is 2.67. The van der Waals surface area contributed by atoms with Crippen LogP contribution in [0.2, 0.25) is 0 Å². The number of benzene rings is 1. The number of anilines is 1. The fourth-order valence-corrected chi connectivity index (χ4v) is 2.80. The van der Waals surface area contributed by atoms with Crippen LogP contribution in [0.5, 0.6) is 0 Å². The van der Waals surface area contributed by atoms with Gasteiger partial charge in [-0.25, -0.2) is 13.2 Å². The maximum Gasteiger partial charge on any atom is 0.338 e. The smallest absolute Gasteiger partial charge is 0.338 e. The van der Waals surface area contributed by atoms with Crippen LogP contribution in [0.15, 0.2) is 23.1 Å². The van der Waals surface area contributed by atoms with Crippen molar-refractivity contribution < 1.29 is 22.7 Å². The minimum absolute atomic E-state index is 0.125. The fourth-order valence-electron chi connectivity index (χ4n) is 1.66. The SMILES string of the molecule is COCCCOC(=O)c1ccc(N(C)C)c(S(=O)(=O)Cl)c1. The van der Waals surface area contributed by atoms with E-state index in [0.29, 0.717) is 18.7 Å². The Labute approximate surface area is 129 Å². The monoisotopic (exact) mass is 335 g/mol. The molecule has 0 N–H and O–H groups in total. The second-order valence-electron chi connectivity index (χ2n) is 4.50. The molecule has 0 amide bonds. The Bertz CT molecular complexity index is 601. The van der Waals surface area contributed by atoms with Crippen LogP contribution in [-0.2, 0) is 18.5 Å². The minimum atomic E-state index is -3.96. The molecule has 0 aliphatic rings. The first kappa shape index (κ1) is 17.7. The average molecular weight is 336 g/mol. The van der Waals surface area contributed by atoms with Gasteiger partial charge < -0.3 is 14.4 Å². The van der Waals surface area contributed by atoms with Gasteiger partial charge in [0.15, 0.2) is 0 Å². The van der Waals surface area contributed by atoms with Crippen molar-refractivity contribution in [2.45, 2.75) is 11.3 Å². The summed E-state index contributed by atoms with van der Waals surface area (Å²) in [4.78, 5) is 13.3. The Kier molecular flexibility index (Phi) is 6.44. The van der Waals surface area contributed by atoms with E-state index >= 15 is 0 Å².